The van der Waals surface area contributed by atoms with E-state index in [2.05, 4.69) is 53.4 Å². The largest absolute Gasteiger partial charge is 0.493 e. The predicted octanol–water partition coefficient (Wildman–Crippen LogP) is 2.66. The molecule has 27 heavy (non-hydrogen) atoms. The molecule has 0 fully saturated rings. The third-order valence-corrected chi connectivity index (χ3v) is 4.84. The van der Waals surface area contributed by atoms with E-state index in [0.29, 0.717) is 5.92 Å². The van der Waals surface area contributed by atoms with Gasteiger partial charge in [-0.25, -0.2) is 0 Å². The molecule has 2 rings (SSSR count). The molecule has 0 saturated heterocycles. The lowest BCUT2D eigenvalue weighted by atomic mass is 9.99. The minimum atomic E-state index is 0.681. The molecule has 0 atom stereocenters. The van der Waals surface area contributed by atoms with Crippen LogP contribution in [0.4, 0.5) is 0 Å². The minimum Gasteiger partial charge on any atom is -0.493 e. The lowest BCUT2D eigenvalue weighted by Gasteiger charge is -2.29. The van der Waals surface area contributed by atoms with Gasteiger partial charge in [0.2, 0.25) is 0 Å². The predicted molar refractivity (Wildman–Crippen MR) is 112 cm³/mol. The van der Waals surface area contributed by atoms with E-state index >= 15 is 0 Å². The van der Waals surface area contributed by atoms with E-state index in [-0.39, 0.29) is 0 Å². The van der Waals surface area contributed by atoms with E-state index < -0.39 is 0 Å². The van der Waals surface area contributed by atoms with E-state index in [1.165, 1.54) is 11.1 Å². The smallest absolute Gasteiger partial charge is 0.191 e. The van der Waals surface area contributed by atoms with Gasteiger partial charge in [0, 0.05) is 39.3 Å². The summed E-state index contributed by atoms with van der Waals surface area (Å²) < 4.78 is 10.9. The molecule has 0 spiro atoms. The van der Waals surface area contributed by atoms with Crippen LogP contribution in [-0.2, 0) is 13.0 Å². The molecular formula is C21H36N4O2. The Kier molecular flexibility index (Phi) is 8.72. The quantitative estimate of drug-likeness (QED) is 0.513. The number of nitrogens with zero attached hydrogens (tertiary/aromatic N) is 2. The first-order valence-electron chi connectivity index (χ1n) is 10.1. The standard InChI is InChI=1S/C21H36N4O2/c1-6-22-21(23-9-7-16(2)3)24-10-12-25-11-8-17-13-19(26-4)20(27-5)14-18(17)15-25/h13-14,16H,6-12,15H2,1-5H3,(H2,22,23,24). The SMILES string of the molecule is CCNC(=NCCC(C)C)NCCN1CCc2cc(OC)c(OC)cc2C1. The Hall–Kier alpha value is -1.95. The average Bonchev–Trinajstić information content (AvgIpc) is 2.66. The fraction of sp³-hybridized carbons (Fsp3) is 0.667. The van der Waals surface area contributed by atoms with Gasteiger partial charge in [-0.05, 0) is 48.9 Å². The van der Waals surface area contributed by atoms with Crippen molar-refractivity contribution in [1.29, 1.82) is 0 Å². The second-order valence-corrected chi connectivity index (χ2v) is 7.37. The first kappa shape index (κ1) is 21.4. The number of aliphatic imine (C=N–C) groups is 1. The number of fused-ring (bicyclic) bond motifs is 1. The summed E-state index contributed by atoms with van der Waals surface area (Å²) in [5, 5.41) is 6.79. The number of nitrogens with one attached hydrogen (secondary N) is 2. The monoisotopic (exact) mass is 376 g/mol. The topological polar surface area (TPSA) is 58.1 Å². The molecule has 152 valence electrons. The van der Waals surface area contributed by atoms with E-state index in [0.717, 1.165) is 69.6 Å². The van der Waals surface area contributed by atoms with Crippen LogP contribution in [0.3, 0.4) is 0 Å². The zero-order chi connectivity index (χ0) is 19.6. The summed E-state index contributed by atoms with van der Waals surface area (Å²) in [6.45, 7) is 12.2. The van der Waals surface area contributed by atoms with Gasteiger partial charge in [-0.3, -0.25) is 9.89 Å². The summed E-state index contributed by atoms with van der Waals surface area (Å²) in [6.07, 6.45) is 2.16. The third-order valence-electron chi connectivity index (χ3n) is 4.84. The van der Waals surface area contributed by atoms with E-state index in [4.69, 9.17) is 9.47 Å². The number of benzene rings is 1. The highest BCUT2D eigenvalue weighted by molar-refractivity contribution is 5.79. The van der Waals surface area contributed by atoms with Crippen molar-refractivity contribution < 1.29 is 9.47 Å². The Morgan fingerprint density at radius 1 is 1.15 bits per heavy atom. The third kappa shape index (κ3) is 6.61. The van der Waals surface area contributed by atoms with Crippen LogP contribution in [0.5, 0.6) is 11.5 Å². The average molecular weight is 377 g/mol. The van der Waals surface area contributed by atoms with Gasteiger partial charge in [-0.1, -0.05) is 13.8 Å². The summed E-state index contributed by atoms with van der Waals surface area (Å²) in [5.41, 5.74) is 2.69. The molecule has 0 bridgehead atoms. The second-order valence-electron chi connectivity index (χ2n) is 7.37. The second kappa shape index (κ2) is 11.0. The number of hydrogen-bond donors (Lipinski definition) is 2. The molecule has 0 amide bonds. The Balaban J connectivity index is 1.86. The van der Waals surface area contributed by atoms with Gasteiger partial charge in [0.1, 0.15) is 0 Å². The Morgan fingerprint density at radius 3 is 2.48 bits per heavy atom. The molecule has 0 aliphatic carbocycles. The lowest BCUT2D eigenvalue weighted by molar-refractivity contribution is 0.256. The number of methoxy groups -OCH3 is 2. The van der Waals surface area contributed by atoms with Crippen LogP contribution in [0.25, 0.3) is 0 Å². The summed E-state index contributed by atoms with van der Waals surface area (Å²) in [5.74, 6) is 3.23. The van der Waals surface area contributed by atoms with E-state index in [1.54, 1.807) is 14.2 Å². The van der Waals surface area contributed by atoms with Crippen molar-refractivity contribution in [2.45, 2.75) is 40.2 Å². The highest BCUT2D eigenvalue weighted by Crippen LogP contribution is 2.33. The first-order valence-corrected chi connectivity index (χ1v) is 10.1. The van der Waals surface area contributed by atoms with Crippen molar-refractivity contribution in [3.05, 3.63) is 23.3 Å². The molecular weight excluding hydrogens is 340 g/mol. The highest BCUT2D eigenvalue weighted by Gasteiger charge is 2.19. The van der Waals surface area contributed by atoms with Crippen LogP contribution in [-0.4, -0.2) is 57.8 Å². The van der Waals surface area contributed by atoms with Gasteiger partial charge < -0.3 is 20.1 Å². The van der Waals surface area contributed by atoms with Crippen molar-refractivity contribution in [1.82, 2.24) is 15.5 Å². The number of ether oxygens (including phenoxy) is 2. The van der Waals surface area contributed by atoms with Gasteiger partial charge in [0.15, 0.2) is 17.5 Å². The van der Waals surface area contributed by atoms with Crippen molar-refractivity contribution in [3.8, 4) is 11.5 Å². The van der Waals surface area contributed by atoms with Crippen LogP contribution in [0, 0.1) is 5.92 Å². The summed E-state index contributed by atoms with van der Waals surface area (Å²) in [4.78, 5) is 7.13. The molecule has 2 N–H and O–H groups in total. The van der Waals surface area contributed by atoms with E-state index in [9.17, 15) is 0 Å². The van der Waals surface area contributed by atoms with Crippen LogP contribution >= 0.6 is 0 Å². The summed E-state index contributed by atoms with van der Waals surface area (Å²) in [6, 6.07) is 4.24. The molecule has 0 radical (unpaired) electrons. The van der Waals surface area contributed by atoms with Crippen LogP contribution in [0.2, 0.25) is 0 Å². The van der Waals surface area contributed by atoms with Crippen molar-refractivity contribution >= 4 is 5.96 Å². The summed E-state index contributed by atoms with van der Waals surface area (Å²) >= 11 is 0. The molecule has 1 aliphatic heterocycles. The molecule has 0 aromatic heterocycles. The summed E-state index contributed by atoms with van der Waals surface area (Å²) in [7, 11) is 3.38. The number of rotatable bonds is 9. The molecule has 1 aromatic carbocycles. The fourth-order valence-electron chi connectivity index (χ4n) is 3.24. The maximum Gasteiger partial charge on any atom is 0.191 e. The van der Waals surface area contributed by atoms with Crippen molar-refractivity contribution in [3.63, 3.8) is 0 Å². The number of hydrogen-bond acceptors (Lipinski definition) is 4. The van der Waals surface area contributed by atoms with Crippen molar-refractivity contribution in [2.75, 3.05) is 46.9 Å². The minimum absolute atomic E-state index is 0.681. The zero-order valence-electron chi connectivity index (χ0n) is 17.6. The van der Waals surface area contributed by atoms with Crippen LogP contribution < -0.4 is 20.1 Å². The molecule has 0 saturated carbocycles. The molecule has 1 aromatic rings. The number of guanidine groups is 1. The van der Waals surface area contributed by atoms with Gasteiger partial charge in [-0.15, -0.1) is 0 Å². The zero-order valence-corrected chi connectivity index (χ0v) is 17.6. The van der Waals surface area contributed by atoms with Crippen LogP contribution in [0.15, 0.2) is 17.1 Å². The fourth-order valence-corrected chi connectivity index (χ4v) is 3.24. The molecule has 0 unspecified atom stereocenters. The van der Waals surface area contributed by atoms with E-state index in [1.807, 2.05) is 0 Å². The highest BCUT2D eigenvalue weighted by atomic mass is 16.5. The van der Waals surface area contributed by atoms with Gasteiger partial charge >= 0.3 is 0 Å². The molecule has 1 aliphatic rings. The van der Waals surface area contributed by atoms with Crippen LogP contribution in [0.1, 0.15) is 38.3 Å². The molecule has 1 heterocycles. The first-order chi connectivity index (χ1) is 13.1. The lowest BCUT2D eigenvalue weighted by Crippen LogP contribution is -2.42. The van der Waals surface area contributed by atoms with Gasteiger partial charge in [0.25, 0.3) is 0 Å². The maximum absolute atomic E-state index is 5.45. The van der Waals surface area contributed by atoms with Crippen molar-refractivity contribution in [2.24, 2.45) is 10.9 Å². The normalized spacial score (nSPS) is 14.8. The Bertz CT molecular complexity index is 616. The molecule has 6 nitrogen and oxygen atoms in total. The Morgan fingerprint density at radius 2 is 1.85 bits per heavy atom. The maximum atomic E-state index is 5.45. The van der Waals surface area contributed by atoms with Gasteiger partial charge in [-0.2, -0.15) is 0 Å². The Labute approximate surface area is 164 Å². The van der Waals surface area contributed by atoms with Gasteiger partial charge in [0.05, 0.1) is 14.2 Å². The molecule has 6 heteroatoms.